The van der Waals surface area contributed by atoms with Gasteiger partial charge in [-0.25, -0.2) is 0 Å². The van der Waals surface area contributed by atoms with Crippen molar-refractivity contribution in [2.75, 3.05) is 25.2 Å². The summed E-state index contributed by atoms with van der Waals surface area (Å²) in [5.74, 6) is 2.50. The van der Waals surface area contributed by atoms with Crippen molar-refractivity contribution in [3.05, 3.63) is 0 Å². The molecular formula is C5H10NOPS2. The van der Waals surface area contributed by atoms with E-state index in [1.165, 1.54) is 11.5 Å². The summed E-state index contributed by atoms with van der Waals surface area (Å²) in [5, 5.41) is 0. The third-order valence-corrected chi connectivity index (χ3v) is 7.62. The maximum Gasteiger partial charge on any atom is 0.152 e. The average Bonchev–Trinajstić information content (AvgIpc) is 2.41. The van der Waals surface area contributed by atoms with E-state index in [1.54, 1.807) is 7.05 Å². The van der Waals surface area contributed by atoms with Gasteiger partial charge in [-0.2, -0.15) is 0 Å². The molecule has 10 heavy (non-hydrogen) atoms. The Morgan fingerprint density at radius 2 is 2.30 bits per heavy atom. The number of aliphatic imine (C=N–C) groups is 1. The second kappa shape index (κ2) is 5.42. The number of nitrogens with zero attached hydrogens (tertiary/aromatic N) is 1. The summed E-state index contributed by atoms with van der Waals surface area (Å²) in [7, 11) is 1.77. The van der Waals surface area contributed by atoms with Crippen LogP contribution in [0.3, 0.4) is 0 Å². The van der Waals surface area contributed by atoms with Crippen molar-refractivity contribution in [1.82, 2.24) is 0 Å². The molecule has 0 amide bonds. The first kappa shape index (κ1) is 8.85. The lowest BCUT2D eigenvalue weighted by Crippen LogP contribution is -1.85. The van der Waals surface area contributed by atoms with Gasteiger partial charge in [0.2, 0.25) is 0 Å². The molecule has 0 N–H and O–H groups in total. The average molecular weight is 195 g/mol. The fraction of sp³-hybridized carbons (Fsp3) is 0.800. The third-order valence-electron chi connectivity index (χ3n) is 0.914. The quantitative estimate of drug-likeness (QED) is 0.510. The largest absolute Gasteiger partial charge is 0.333 e. The lowest BCUT2D eigenvalue weighted by Gasteiger charge is -2.04. The minimum absolute atomic E-state index is 0.215. The summed E-state index contributed by atoms with van der Waals surface area (Å²) < 4.78 is 5.48. The summed E-state index contributed by atoms with van der Waals surface area (Å²) >= 11 is 3.87. The van der Waals surface area contributed by atoms with Gasteiger partial charge in [0.15, 0.2) is 6.55 Å². The van der Waals surface area contributed by atoms with Crippen LogP contribution in [0.15, 0.2) is 4.99 Å². The van der Waals surface area contributed by atoms with Crippen LogP contribution < -0.4 is 0 Å². The molecule has 1 saturated heterocycles. The normalized spacial score (nSPS) is 20.9. The van der Waals surface area contributed by atoms with Gasteiger partial charge in [-0.3, -0.25) is 4.99 Å². The molecule has 1 rings (SSSR count). The van der Waals surface area contributed by atoms with Crippen molar-refractivity contribution in [3.63, 3.8) is 0 Å². The fourth-order valence-corrected chi connectivity index (χ4v) is 7.10. The molecule has 0 aromatic heterocycles. The predicted molar refractivity (Wildman–Crippen MR) is 52.2 cm³/mol. The first-order valence-electron chi connectivity index (χ1n) is 3.03. The van der Waals surface area contributed by atoms with Gasteiger partial charge < -0.3 is 4.52 Å². The predicted octanol–water partition coefficient (Wildman–Crippen LogP) is 2.41. The van der Waals surface area contributed by atoms with E-state index in [4.69, 9.17) is 4.52 Å². The first-order valence-corrected chi connectivity index (χ1v) is 7.47. The van der Waals surface area contributed by atoms with Crippen LogP contribution in [0.1, 0.15) is 0 Å². The highest BCUT2D eigenvalue weighted by molar-refractivity contribution is 8.88. The Balaban J connectivity index is 2.01. The summed E-state index contributed by atoms with van der Waals surface area (Å²) in [6.45, 7) is 0.468. The van der Waals surface area contributed by atoms with E-state index in [9.17, 15) is 0 Å². The first-order chi connectivity index (χ1) is 4.93. The van der Waals surface area contributed by atoms with E-state index in [-0.39, 0.29) is 6.55 Å². The minimum Gasteiger partial charge on any atom is -0.333 e. The van der Waals surface area contributed by atoms with E-state index in [1.807, 2.05) is 29.0 Å². The maximum atomic E-state index is 5.48. The van der Waals surface area contributed by atoms with Crippen molar-refractivity contribution in [3.8, 4) is 0 Å². The van der Waals surface area contributed by atoms with E-state index >= 15 is 0 Å². The van der Waals surface area contributed by atoms with Gasteiger partial charge in [-0.15, -0.1) is 0 Å². The highest BCUT2D eigenvalue weighted by Gasteiger charge is 2.16. The minimum atomic E-state index is -0.215. The zero-order chi connectivity index (χ0) is 7.23. The van der Waals surface area contributed by atoms with Gasteiger partial charge in [0, 0.05) is 24.8 Å². The van der Waals surface area contributed by atoms with Gasteiger partial charge in [-0.05, 0) is 0 Å². The molecule has 1 fully saturated rings. The van der Waals surface area contributed by atoms with Gasteiger partial charge >= 0.3 is 0 Å². The van der Waals surface area contributed by atoms with Gasteiger partial charge in [-0.1, -0.05) is 22.8 Å². The molecule has 0 aromatic carbocycles. The Morgan fingerprint density at radius 3 is 2.90 bits per heavy atom. The molecule has 2 nitrogen and oxygen atoms in total. The van der Waals surface area contributed by atoms with Crippen LogP contribution in [0.25, 0.3) is 0 Å². The molecule has 0 saturated carbocycles. The van der Waals surface area contributed by atoms with Gasteiger partial charge in [0.05, 0.1) is 6.61 Å². The van der Waals surface area contributed by atoms with Crippen LogP contribution in [0.2, 0.25) is 0 Å². The Hall–Kier alpha value is 0.760. The van der Waals surface area contributed by atoms with Crippen LogP contribution in [0.5, 0.6) is 0 Å². The number of hydrogen-bond donors (Lipinski definition) is 0. The Morgan fingerprint density at radius 1 is 1.60 bits per heavy atom. The number of rotatable bonds is 3. The molecule has 1 heterocycles. The molecule has 1 aliphatic rings. The van der Waals surface area contributed by atoms with E-state index in [0.29, 0.717) is 6.61 Å². The molecule has 0 atom stereocenters. The zero-order valence-corrected chi connectivity index (χ0v) is 8.35. The topological polar surface area (TPSA) is 21.6 Å². The molecule has 1 aliphatic heterocycles. The second-order valence-corrected chi connectivity index (χ2v) is 7.90. The maximum absolute atomic E-state index is 5.48. The van der Waals surface area contributed by atoms with Crippen LogP contribution in [0, 0.1) is 0 Å². The number of hydrogen-bond acceptors (Lipinski definition) is 4. The second-order valence-electron chi connectivity index (χ2n) is 1.63. The van der Waals surface area contributed by atoms with Crippen LogP contribution in [-0.2, 0) is 4.52 Å². The zero-order valence-electron chi connectivity index (χ0n) is 5.82. The molecular weight excluding hydrogens is 185 g/mol. The molecule has 0 bridgehead atoms. The summed E-state index contributed by atoms with van der Waals surface area (Å²) in [6, 6.07) is 0. The molecule has 0 aromatic rings. The van der Waals surface area contributed by atoms with Crippen molar-refractivity contribution in [2.45, 2.75) is 0 Å². The fourth-order valence-electron chi connectivity index (χ4n) is 0.504. The van der Waals surface area contributed by atoms with Gasteiger partial charge in [0.25, 0.3) is 0 Å². The van der Waals surface area contributed by atoms with E-state index in [0.717, 1.165) is 0 Å². The Bertz CT molecular complexity index is 116. The smallest absolute Gasteiger partial charge is 0.152 e. The molecule has 0 radical (unpaired) electrons. The summed E-state index contributed by atoms with van der Waals surface area (Å²) in [6.07, 6.45) is 1.81. The molecule has 0 unspecified atom stereocenters. The lowest BCUT2D eigenvalue weighted by atomic mass is 10.8. The van der Waals surface area contributed by atoms with Gasteiger partial charge in [0.1, 0.15) is 0 Å². The highest BCUT2D eigenvalue weighted by atomic mass is 33.1. The lowest BCUT2D eigenvalue weighted by molar-refractivity contribution is 0.442. The monoisotopic (exact) mass is 195 g/mol. The standard InChI is InChI=1S/C5H10NOPS2/c1-6-2-3-7-8-9-4-5-10-8/h2H,3-5H2,1H3/b6-2+. The van der Waals surface area contributed by atoms with E-state index in [2.05, 4.69) is 4.99 Å². The molecule has 58 valence electrons. The SMILES string of the molecule is C/N=C/COP1SCCS1. The third kappa shape index (κ3) is 3.24. The van der Waals surface area contributed by atoms with Crippen LogP contribution in [-0.4, -0.2) is 31.4 Å². The molecule has 0 spiro atoms. The molecule has 0 aliphatic carbocycles. The van der Waals surface area contributed by atoms with Crippen LogP contribution in [0.4, 0.5) is 0 Å². The van der Waals surface area contributed by atoms with E-state index < -0.39 is 0 Å². The summed E-state index contributed by atoms with van der Waals surface area (Å²) in [5.41, 5.74) is 0. The summed E-state index contributed by atoms with van der Waals surface area (Å²) in [4.78, 5) is 3.84. The Labute approximate surface area is 70.5 Å². The van der Waals surface area contributed by atoms with Crippen LogP contribution >= 0.6 is 29.3 Å². The van der Waals surface area contributed by atoms with Crippen molar-refractivity contribution >= 4 is 35.5 Å². The molecule has 5 heteroatoms. The van der Waals surface area contributed by atoms with Crippen molar-refractivity contribution in [2.24, 2.45) is 4.99 Å². The highest BCUT2D eigenvalue weighted by Crippen LogP contribution is 2.66. The van der Waals surface area contributed by atoms with Crippen molar-refractivity contribution < 1.29 is 4.52 Å². The Kier molecular flexibility index (Phi) is 4.79. The van der Waals surface area contributed by atoms with Crippen molar-refractivity contribution in [1.29, 1.82) is 0 Å².